The summed E-state index contributed by atoms with van der Waals surface area (Å²) in [4.78, 5) is 53.9. The molecule has 1 aliphatic heterocycles. The second kappa shape index (κ2) is 7.86. The van der Waals surface area contributed by atoms with Crippen molar-refractivity contribution in [2.75, 3.05) is 11.9 Å². The number of thiazole rings is 1. The Bertz CT molecular complexity index is 966. The second-order valence-corrected chi connectivity index (χ2v) is 7.59. The van der Waals surface area contributed by atoms with Gasteiger partial charge in [0.05, 0.1) is 26.9 Å². The zero-order valence-electron chi connectivity index (χ0n) is 14.6. The van der Waals surface area contributed by atoms with E-state index in [2.05, 4.69) is 10.3 Å². The van der Waals surface area contributed by atoms with Gasteiger partial charge in [0.2, 0.25) is 0 Å². The van der Waals surface area contributed by atoms with Crippen LogP contribution in [0, 0.1) is 6.92 Å². The van der Waals surface area contributed by atoms with Crippen LogP contribution < -0.4 is 5.32 Å². The topological polar surface area (TPSA) is 106 Å². The maximum atomic E-state index is 12.5. The Morgan fingerprint density at radius 3 is 2.29 bits per heavy atom. The number of hydrogen-bond acceptors (Lipinski definition) is 7. The molecule has 0 saturated heterocycles. The van der Waals surface area contributed by atoms with Crippen LogP contribution in [-0.4, -0.2) is 46.2 Å². The lowest BCUT2D eigenvalue weighted by atomic mass is 10.1. The van der Waals surface area contributed by atoms with Crippen molar-refractivity contribution in [3.05, 3.63) is 44.4 Å². The molecule has 3 rings (SSSR count). The third kappa shape index (κ3) is 3.87. The predicted octanol–water partition coefficient (Wildman–Crippen LogP) is 2.92. The van der Waals surface area contributed by atoms with Crippen molar-refractivity contribution in [3.8, 4) is 0 Å². The summed E-state index contributed by atoms with van der Waals surface area (Å²) in [5.41, 5.74) is 0.851. The molecule has 0 saturated carbocycles. The van der Waals surface area contributed by atoms with Gasteiger partial charge >= 0.3 is 5.97 Å². The zero-order chi connectivity index (χ0) is 20.6. The van der Waals surface area contributed by atoms with Crippen molar-refractivity contribution >= 4 is 63.4 Å². The van der Waals surface area contributed by atoms with Crippen LogP contribution in [0.4, 0.5) is 5.13 Å². The number of imide groups is 1. The largest absolute Gasteiger partial charge is 0.454 e. The fourth-order valence-corrected chi connectivity index (χ4v) is 3.57. The molecule has 1 aromatic heterocycles. The molecule has 1 aromatic carbocycles. The van der Waals surface area contributed by atoms with Crippen molar-refractivity contribution in [1.82, 2.24) is 9.88 Å². The van der Waals surface area contributed by atoms with E-state index < -0.39 is 36.3 Å². The molecule has 0 aliphatic carbocycles. The maximum Gasteiger partial charge on any atom is 0.329 e. The molecule has 11 heteroatoms. The van der Waals surface area contributed by atoms with Gasteiger partial charge in [-0.1, -0.05) is 23.2 Å². The predicted molar refractivity (Wildman–Crippen MR) is 103 cm³/mol. The number of esters is 1. The van der Waals surface area contributed by atoms with Crippen molar-refractivity contribution < 1.29 is 23.9 Å². The normalized spacial score (nSPS) is 14.1. The van der Waals surface area contributed by atoms with Crippen molar-refractivity contribution in [3.63, 3.8) is 0 Å². The third-order valence-corrected chi connectivity index (χ3v) is 5.50. The number of rotatable bonds is 5. The zero-order valence-corrected chi connectivity index (χ0v) is 16.9. The minimum Gasteiger partial charge on any atom is -0.454 e. The molecule has 0 spiro atoms. The van der Waals surface area contributed by atoms with Gasteiger partial charge in [0.1, 0.15) is 6.04 Å². The van der Waals surface area contributed by atoms with E-state index in [1.807, 2.05) is 0 Å². The van der Waals surface area contributed by atoms with E-state index in [1.54, 1.807) is 12.3 Å². The molecule has 3 amide bonds. The number of aromatic nitrogens is 1. The van der Waals surface area contributed by atoms with Crippen LogP contribution >= 0.6 is 34.5 Å². The molecule has 0 fully saturated rings. The van der Waals surface area contributed by atoms with Crippen molar-refractivity contribution in [2.45, 2.75) is 19.9 Å². The van der Waals surface area contributed by atoms with Crippen LogP contribution in [0.2, 0.25) is 10.0 Å². The number of halogens is 2. The average Bonchev–Trinajstić information content (AvgIpc) is 3.14. The molecule has 2 aromatic rings. The Morgan fingerprint density at radius 2 is 1.79 bits per heavy atom. The van der Waals surface area contributed by atoms with E-state index in [0.717, 1.165) is 10.6 Å². The van der Waals surface area contributed by atoms with Crippen LogP contribution in [0.1, 0.15) is 33.3 Å². The number of carbonyl (C=O) groups is 4. The smallest absolute Gasteiger partial charge is 0.329 e. The molecule has 1 N–H and O–H groups in total. The maximum absolute atomic E-state index is 12.5. The molecular weight excluding hydrogens is 429 g/mol. The lowest BCUT2D eigenvalue weighted by molar-refractivity contribution is -0.150. The number of carbonyl (C=O) groups excluding carboxylic acids is 4. The van der Waals surface area contributed by atoms with E-state index in [0.29, 0.717) is 5.13 Å². The first-order valence-corrected chi connectivity index (χ1v) is 9.58. The molecule has 1 atom stereocenters. The molecule has 2 heterocycles. The highest BCUT2D eigenvalue weighted by Gasteiger charge is 2.42. The molecule has 146 valence electrons. The SMILES string of the molecule is Cc1csc(NC(=O)COC(=O)[C@H](C)N2C(=O)c3cc(Cl)c(Cl)cc3C2=O)n1. The molecule has 8 nitrogen and oxygen atoms in total. The van der Waals surface area contributed by atoms with E-state index >= 15 is 0 Å². The van der Waals surface area contributed by atoms with Gasteiger partial charge in [0.25, 0.3) is 17.7 Å². The first kappa shape index (κ1) is 20.2. The van der Waals surface area contributed by atoms with E-state index in [4.69, 9.17) is 27.9 Å². The monoisotopic (exact) mass is 441 g/mol. The van der Waals surface area contributed by atoms with E-state index in [9.17, 15) is 19.2 Å². The van der Waals surface area contributed by atoms with Crippen molar-refractivity contribution in [1.29, 1.82) is 0 Å². The minimum absolute atomic E-state index is 0.0518. The summed E-state index contributed by atoms with van der Waals surface area (Å²) in [5.74, 6) is -2.87. The van der Waals surface area contributed by atoms with Gasteiger partial charge in [0.15, 0.2) is 11.7 Å². The quantitative estimate of drug-likeness (QED) is 0.564. The van der Waals surface area contributed by atoms with E-state index in [1.165, 1.54) is 30.4 Å². The highest BCUT2D eigenvalue weighted by Crippen LogP contribution is 2.32. The van der Waals surface area contributed by atoms with Gasteiger partial charge in [-0.15, -0.1) is 11.3 Å². The number of amides is 3. The number of hydrogen-bond donors (Lipinski definition) is 1. The van der Waals surface area contributed by atoms with Crippen LogP contribution in [0.25, 0.3) is 0 Å². The average molecular weight is 442 g/mol. The first-order chi connectivity index (χ1) is 13.2. The molecule has 0 bridgehead atoms. The summed E-state index contributed by atoms with van der Waals surface area (Å²) in [7, 11) is 0. The minimum atomic E-state index is -1.24. The highest BCUT2D eigenvalue weighted by atomic mass is 35.5. The van der Waals surface area contributed by atoms with Crippen LogP contribution in [0.15, 0.2) is 17.5 Å². The molecular formula is C17H13Cl2N3O5S. The van der Waals surface area contributed by atoms with Gasteiger partial charge in [0, 0.05) is 5.38 Å². The van der Waals surface area contributed by atoms with Gasteiger partial charge < -0.3 is 4.74 Å². The van der Waals surface area contributed by atoms with Crippen molar-refractivity contribution in [2.24, 2.45) is 0 Å². The second-order valence-electron chi connectivity index (χ2n) is 5.92. The molecule has 0 radical (unpaired) electrons. The van der Waals surface area contributed by atoms with Crippen LogP contribution in [-0.2, 0) is 14.3 Å². The third-order valence-electron chi connectivity index (χ3n) is 3.90. The number of anilines is 1. The number of fused-ring (bicyclic) bond motifs is 1. The number of ether oxygens (including phenoxy) is 1. The molecule has 1 aliphatic rings. The summed E-state index contributed by atoms with van der Waals surface area (Å²) in [5, 5.41) is 4.85. The number of benzene rings is 1. The lowest BCUT2D eigenvalue weighted by Crippen LogP contribution is -2.44. The Kier molecular flexibility index (Phi) is 5.69. The Labute approximate surface area is 173 Å². The molecule has 0 unspecified atom stereocenters. The Morgan fingerprint density at radius 1 is 1.21 bits per heavy atom. The number of nitrogens with one attached hydrogen (secondary N) is 1. The first-order valence-electron chi connectivity index (χ1n) is 7.94. The fraction of sp³-hybridized carbons (Fsp3) is 0.235. The summed E-state index contributed by atoms with van der Waals surface area (Å²) in [6.07, 6.45) is 0. The van der Waals surface area contributed by atoms with Gasteiger partial charge in [-0.3, -0.25) is 24.6 Å². The van der Waals surface area contributed by atoms with Crippen LogP contribution in [0.3, 0.4) is 0 Å². The summed E-state index contributed by atoms with van der Waals surface area (Å²) >= 11 is 13.0. The van der Waals surface area contributed by atoms with Crippen LogP contribution in [0.5, 0.6) is 0 Å². The van der Waals surface area contributed by atoms with Gasteiger partial charge in [-0.25, -0.2) is 9.78 Å². The summed E-state index contributed by atoms with van der Waals surface area (Å²) in [6.45, 7) is 2.52. The fourth-order valence-electron chi connectivity index (χ4n) is 2.53. The van der Waals surface area contributed by atoms with E-state index in [-0.39, 0.29) is 21.2 Å². The lowest BCUT2D eigenvalue weighted by Gasteiger charge is -2.20. The van der Waals surface area contributed by atoms with Gasteiger partial charge in [-0.2, -0.15) is 0 Å². The number of aryl methyl sites for hydroxylation is 1. The standard InChI is InChI=1S/C17H13Cl2N3O5S/c1-7-6-28-17(20-7)21-13(23)5-27-16(26)8(2)22-14(24)9-3-11(18)12(19)4-10(9)15(22)25/h3-4,6,8H,5H2,1-2H3,(H,20,21,23)/t8-/m0/s1. The van der Waals surface area contributed by atoms with Gasteiger partial charge in [-0.05, 0) is 26.0 Å². The molecule has 28 heavy (non-hydrogen) atoms. The number of nitrogens with zero attached hydrogens (tertiary/aromatic N) is 2. The summed E-state index contributed by atoms with van der Waals surface area (Å²) in [6, 6.07) is 1.32. The highest BCUT2D eigenvalue weighted by molar-refractivity contribution is 7.13. The Balaban J connectivity index is 1.64. The summed E-state index contributed by atoms with van der Waals surface area (Å²) < 4.78 is 4.93. The Hall–Kier alpha value is -2.49.